The SMILES string of the molecule is COc1cc(C(=CN(C)C)/C(C)=C(/C)C=O)cc(OC)c1CN1CCN(Cc2cccc3c2CCN(C)C3C)C2(CC2)C1. The number of hydrogen-bond donors (Lipinski definition) is 0. The smallest absolute Gasteiger partial charge is 0.146 e. The molecular weight excluding hydrogens is 536 g/mol. The first-order valence-electron chi connectivity index (χ1n) is 15.7. The van der Waals surface area contributed by atoms with Crippen molar-refractivity contribution in [3.63, 3.8) is 0 Å². The van der Waals surface area contributed by atoms with Gasteiger partial charge in [0.1, 0.15) is 17.8 Å². The van der Waals surface area contributed by atoms with E-state index in [2.05, 4.69) is 65.2 Å². The Morgan fingerprint density at radius 1 is 1.05 bits per heavy atom. The molecule has 5 rings (SSSR count). The van der Waals surface area contributed by atoms with Gasteiger partial charge >= 0.3 is 0 Å². The number of fused-ring (bicyclic) bond motifs is 1. The lowest BCUT2D eigenvalue weighted by molar-refractivity contribution is -0.104. The molecule has 3 aliphatic rings. The summed E-state index contributed by atoms with van der Waals surface area (Å²) in [7, 11) is 9.69. The molecule has 2 fully saturated rings. The summed E-state index contributed by atoms with van der Waals surface area (Å²) in [5.41, 5.74) is 9.54. The van der Waals surface area contributed by atoms with Crippen molar-refractivity contribution in [2.75, 3.05) is 61.5 Å². The van der Waals surface area contributed by atoms with E-state index in [9.17, 15) is 4.79 Å². The minimum absolute atomic E-state index is 0.258. The van der Waals surface area contributed by atoms with E-state index in [4.69, 9.17) is 9.47 Å². The summed E-state index contributed by atoms with van der Waals surface area (Å²) in [6.07, 6.45) is 6.62. The average Bonchev–Trinajstić information content (AvgIpc) is 3.77. The number of methoxy groups -OCH3 is 2. The molecule has 0 amide bonds. The summed E-state index contributed by atoms with van der Waals surface area (Å²) in [6, 6.07) is 11.6. The van der Waals surface area contributed by atoms with Gasteiger partial charge in [-0.3, -0.25) is 19.5 Å². The lowest BCUT2D eigenvalue weighted by Gasteiger charge is -2.43. The number of ether oxygens (including phenoxy) is 2. The lowest BCUT2D eigenvalue weighted by atomic mass is 9.89. The van der Waals surface area contributed by atoms with E-state index >= 15 is 0 Å². The largest absolute Gasteiger partial charge is 0.496 e. The first-order valence-corrected chi connectivity index (χ1v) is 15.7. The fourth-order valence-electron chi connectivity index (χ4n) is 6.98. The summed E-state index contributed by atoms with van der Waals surface area (Å²) >= 11 is 0. The van der Waals surface area contributed by atoms with Crippen LogP contribution in [0, 0.1) is 0 Å². The second-order valence-corrected chi connectivity index (χ2v) is 13.0. The molecule has 2 aromatic carbocycles. The van der Waals surface area contributed by atoms with E-state index in [1.807, 2.05) is 32.8 Å². The third-order valence-electron chi connectivity index (χ3n) is 10.1. The summed E-state index contributed by atoms with van der Waals surface area (Å²) < 4.78 is 12.0. The Labute approximate surface area is 258 Å². The molecule has 1 aliphatic carbocycles. The van der Waals surface area contributed by atoms with Crippen molar-refractivity contribution in [1.82, 2.24) is 19.6 Å². The molecule has 1 saturated carbocycles. The van der Waals surface area contributed by atoms with Gasteiger partial charge < -0.3 is 14.4 Å². The highest BCUT2D eigenvalue weighted by molar-refractivity contribution is 5.87. The number of nitrogens with zero attached hydrogens (tertiary/aromatic N) is 4. The molecule has 7 heteroatoms. The molecule has 1 atom stereocenters. The van der Waals surface area contributed by atoms with Crippen LogP contribution in [0.4, 0.5) is 0 Å². The average molecular weight is 587 g/mol. The maximum absolute atomic E-state index is 11.6. The Balaban J connectivity index is 1.36. The number of likely N-dealkylation sites (N-methyl/N-ethyl adjacent to an activating group) is 1. The summed E-state index contributed by atoms with van der Waals surface area (Å²) in [6.45, 7) is 12.3. The summed E-state index contributed by atoms with van der Waals surface area (Å²) in [5, 5.41) is 0. The van der Waals surface area contributed by atoms with Crippen molar-refractivity contribution >= 4 is 11.9 Å². The molecule has 1 saturated heterocycles. The number of carbonyl (C=O) groups excluding carboxylic acids is 1. The third-order valence-corrected chi connectivity index (χ3v) is 10.1. The van der Waals surface area contributed by atoms with Crippen LogP contribution in [0.5, 0.6) is 11.5 Å². The van der Waals surface area contributed by atoms with Crippen molar-refractivity contribution in [2.45, 2.75) is 64.7 Å². The molecule has 0 bridgehead atoms. The van der Waals surface area contributed by atoms with Crippen molar-refractivity contribution in [2.24, 2.45) is 0 Å². The zero-order valence-corrected chi connectivity index (χ0v) is 27.5. The first kappa shape index (κ1) is 31.3. The van der Waals surface area contributed by atoms with Crippen LogP contribution in [0.3, 0.4) is 0 Å². The van der Waals surface area contributed by atoms with Crippen LogP contribution in [-0.2, 0) is 24.3 Å². The maximum Gasteiger partial charge on any atom is 0.146 e. The molecule has 1 unspecified atom stereocenters. The van der Waals surface area contributed by atoms with Crippen LogP contribution >= 0.6 is 0 Å². The minimum Gasteiger partial charge on any atom is -0.496 e. The number of carbonyl (C=O) groups is 1. The number of piperazine rings is 1. The van der Waals surface area contributed by atoms with E-state index < -0.39 is 0 Å². The number of hydrogen-bond acceptors (Lipinski definition) is 7. The fourth-order valence-corrected chi connectivity index (χ4v) is 6.98. The molecule has 0 aromatic heterocycles. The highest BCUT2D eigenvalue weighted by Gasteiger charge is 2.51. The molecular formula is C36H50N4O3. The molecule has 43 heavy (non-hydrogen) atoms. The minimum atomic E-state index is 0.258. The van der Waals surface area contributed by atoms with E-state index in [1.165, 1.54) is 24.0 Å². The van der Waals surface area contributed by atoms with Crippen molar-refractivity contribution < 1.29 is 14.3 Å². The fraction of sp³-hybridized carbons (Fsp3) is 0.528. The third kappa shape index (κ3) is 6.40. The summed E-state index contributed by atoms with van der Waals surface area (Å²) in [4.78, 5) is 21.4. The molecule has 0 N–H and O–H groups in total. The van der Waals surface area contributed by atoms with Crippen molar-refractivity contribution in [3.8, 4) is 11.5 Å². The Hall–Kier alpha value is -3.13. The van der Waals surface area contributed by atoms with Crippen molar-refractivity contribution in [1.29, 1.82) is 0 Å². The van der Waals surface area contributed by atoms with Gasteiger partial charge in [-0.25, -0.2) is 0 Å². The second kappa shape index (κ2) is 12.8. The second-order valence-electron chi connectivity index (χ2n) is 13.0. The summed E-state index contributed by atoms with van der Waals surface area (Å²) in [5.74, 6) is 1.63. The standard InChI is InChI=1S/C36H50N4O3/c1-25(23-41)26(2)32(21-37(4)5)29-18-34(42-7)33(35(19-29)43-8)22-39-16-17-40(36(24-39)13-14-36)20-28-10-9-11-30-27(3)38(6)15-12-31(28)30/h9-11,18-19,21,23,27H,12-17,20,22,24H2,1-8H3/b26-25-,32-21?. The number of benzene rings is 2. The lowest BCUT2D eigenvalue weighted by Crippen LogP contribution is -2.54. The van der Waals surface area contributed by atoms with Crippen LogP contribution < -0.4 is 9.47 Å². The number of rotatable bonds is 10. The molecule has 2 aliphatic heterocycles. The Morgan fingerprint density at radius 3 is 2.35 bits per heavy atom. The normalized spacial score (nSPS) is 21.3. The van der Waals surface area contributed by atoms with Gasteiger partial charge in [-0.15, -0.1) is 0 Å². The quantitative estimate of drug-likeness (QED) is 0.206. The van der Waals surface area contributed by atoms with Crippen LogP contribution in [-0.4, -0.2) is 93.0 Å². The van der Waals surface area contributed by atoms with Gasteiger partial charge in [0.05, 0.1) is 19.8 Å². The van der Waals surface area contributed by atoms with Crippen LogP contribution in [0.25, 0.3) is 5.57 Å². The van der Waals surface area contributed by atoms with E-state index in [-0.39, 0.29) is 5.54 Å². The molecule has 0 radical (unpaired) electrons. The van der Waals surface area contributed by atoms with Crippen molar-refractivity contribution in [3.05, 3.63) is 75.5 Å². The van der Waals surface area contributed by atoms with Gasteiger partial charge in [0.2, 0.25) is 0 Å². The van der Waals surface area contributed by atoms with Gasteiger partial charge in [0.15, 0.2) is 0 Å². The Bertz CT molecular complexity index is 1380. The Morgan fingerprint density at radius 2 is 1.74 bits per heavy atom. The zero-order valence-electron chi connectivity index (χ0n) is 27.5. The van der Waals surface area contributed by atoms with Gasteiger partial charge in [0.25, 0.3) is 0 Å². The van der Waals surface area contributed by atoms with Gasteiger partial charge in [-0.1, -0.05) is 18.2 Å². The molecule has 7 nitrogen and oxygen atoms in total. The highest BCUT2D eigenvalue weighted by Crippen LogP contribution is 2.46. The predicted octanol–water partition coefficient (Wildman–Crippen LogP) is 5.54. The zero-order chi connectivity index (χ0) is 30.9. The van der Waals surface area contributed by atoms with Gasteiger partial charge in [-0.2, -0.15) is 0 Å². The van der Waals surface area contributed by atoms with Crippen LogP contribution in [0.1, 0.15) is 67.5 Å². The Kier molecular flexibility index (Phi) is 9.35. The van der Waals surface area contributed by atoms with E-state index in [0.717, 1.165) is 85.7 Å². The maximum atomic E-state index is 11.6. The van der Waals surface area contributed by atoms with E-state index in [1.54, 1.807) is 19.8 Å². The molecule has 232 valence electrons. The van der Waals surface area contributed by atoms with Gasteiger partial charge in [-0.05, 0) is 92.6 Å². The molecule has 2 heterocycles. The van der Waals surface area contributed by atoms with E-state index in [0.29, 0.717) is 11.6 Å². The molecule has 1 spiro atoms. The molecule has 2 aromatic rings. The monoisotopic (exact) mass is 586 g/mol. The number of allylic oxidation sites excluding steroid dienone is 3. The van der Waals surface area contributed by atoms with Crippen LogP contribution in [0.15, 0.2) is 47.7 Å². The number of aldehydes is 1. The highest BCUT2D eigenvalue weighted by atomic mass is 16.5. The predicted molar refractivity (Wildman–Crippen MR) is 174 cm³/mol. The van der Waals surface area contributed by atoms with Gasteiger partial charge in [0, 0.05) is 76.7 Å². The van der Waals surface area contributed by atoms with Crippen LogP contribution in [0.2, 0.25) is 0 Å². The topological polar surface area (TPSA) is 48.5 Å². The first-order chi connectivity index (χ1) is 20.6.